The number of hydrogen-bond donors (Lipinski definition) is 2. The van der Waals surface area contributed by atoms with Crippen molar-refractivity contribution in [2.24, 2.45) is 0 Å². The number of nitrogen functional groups attached to an aromatic ring is 1. The largest absolute Gasteiger partial charge is 0.586 e. The van der Waals surface area contributed by atoms with Crippen molar-refractivity contribution in [3.8, 4) is 17.6 Å². The van der Waals surface area contributed by atoms with Crippen molar-refractivity contribution in [3.05, 3.63) is 42.0 Å². The number of nitrogens with one attached hydrogen (secondary N) is 1. The number of hydrogen-bond acceptors (Lipinski definition) is 5. The maximum absolute atomic E-state index is 12.9. The summed E-state index contributed by atoms with van der Waals surface area (Å²) < 4.78 is 34.6. The Labute approximate surface area is 118 Å². The molecule has 3 rings (SSSR count). The quantitative estimate of drug-likeness (QED) is 0.830. The van der Waals surface area contributed by atoms with Gasteiger partial charge in [-0.1, -0.05) is 6.07 Å². The van der Waals surface area contributed by atoms with Gasteiger partial charge >= 0.3 is 6.29 Å². The van der Waals surface area contributed by atoms with E-state index in [0.717, 1.165) is 0 Å². The van der Waals surface area contributed by atoms with Crippen molar-refractivity contribution < 1.29 is 18.3 Å². The lowest BCUT2D eigenvalue weighted by Crippen LogP contribution is -2.25. The molecular weight excluding hydrogens is 280 g/mol. The van der Waals surface area contributed by atoms with Crippen LogP contribution in [0.15, 0.2) is 36.4 Å². The van der Waals surface area contributed by atoms with E-state index in [9.17, 15) is 8.78 Å². The number of para-hydroxylation sites is 1. The van der Waals surface area contributed by atoms with Gasteiger partial charge in [-0.3, -0.25) is 0 Å². The predicted octanol–water partition coefficient (Wildman–Crippen LogP) is 3.21. The minimum atomic E-state index is -3.65. The van der Waals surface area contributed by atoms with E-state index in [0.29, 0.717) is 16.9 Å². The number of rotatable bonds is 2. The second-order valence-electron chi connectivity index (χ2n) is 4.33. The van der Waals surface area contributed by atoms with E-state index in [2.05, 4.69) is 14.8 Å². The number of nitriles is 1. The molecule has 0 aliphatic carbocycles. The fourth-order valence-electron chi connectivity index (χ4n) is 1.95. The fraction of sp³-hybridized carbons (Fsp3) is 0.0714. The van der Waals surface area contributed by atoms with Crippen LogP contribution in [-0.2, 0) is 0 Å². The van der Waals surface area contributed by atoms with Gasteiger partial charge in [-0.2, -0.15) is 5.26 Å². The summed E-state index contributed by atoms with van der Waals surface area (Å²) >= 11 is 0. The van der Waals surface area contributed by atoms with Crippen molar-refractivity contribution >= 4 is 17.1 Å². The lowest BCUT2D eigenvalue weighted by molar-refractivity contribution is -0.286. The Bertz CT molecular complexity index is 756. The molecule has 0 fully saturated rings. The van der Waals surface area contributed by atoms with E-state index in [-0.39, 0.29) is 17.2 Å². The third kappa shape index (κ3) is 2.39. The predicted molar refractivity (Wildman–Crippen MR) is 71.5 cm³/mol. The molecule has 0 amide bonds. The van der Waals surface area contributed by atoms with Gasteiger partial charge in [0.25, 0.3) is 0 Å². The molecule has 2 aromatic rings. The zero-order chi connectivity index (χ0) is 15.0. The summed E-state index contributed by atoms with van der Waals surface area (Å²) in [7, 11) is 0. The summed E-state index contributed by atoms with van der Waals surface area (Å²) in [6, 6.07) is 11.2. The second kappa shape index (κ2) is 4.52. The summed E-state index contributed by atoms with van der Waals surface area (Å²) in [6.45, 7) is 0. The molecule has 3 N–H and O–H groups in total. The Morgan fingerprint density at radius 3 is 2.67 bits per heavy atom. The molecule has 1 aliphatic heterocycles. The van der Waals surface area contributed by atoms with Crippen LogP contribution in [0, 0.1) is 11.3 Å². The summed E-state index contributed by atoms with van der Waals surface area (Å²) in [4.78, 5) is 0. The minimum Gasteiger partial charge on any atom is -0.396 e. The maximum Gasteiger partial charge on any atom is 0.586 e. The number of anilines is 3. The molecule has 0 radical (unpaired) electrons. The van der Waals surface area contributed by atoms with Gasteiger partial charge in [-0.15, -0.1) is 8.78 Å². The lowest BCUT2D eigenvalue weighted by atomic mass is 10.1. The standard InChI is InChI=1S/C14H9F2N3O2/c15-14(16)20-11-5-4-9(6-12(11)21-14)19-10-3-1-2-8(7-17)13(10)18/h1-6,19H,18H2. The molecule has 106 valence electrons. The van der Waals surface area contributed by atoms with Gasteiger partial charge in [0, 0.05) is 11.8 Å². The Kier molecular flexibility index (Phi) is 2.80. The van der Waals surface area contributed by atoms with Crippen LogP contribution in [0.3, 0.4) is 0 Å². The van der Waals surface area contributed by atoms with Crippen molar-refractivity contribution in [2.75, 3.05) is 11.1 Å². The molecule has 0 spiro atoms. The van der Waals surface area contributed by atoms with Gasteiger partial charge in [0.2, 0.25) is 0 Å². The molecule has 0 atom stereocenters. The Balaban J connectivity index is 1.90. The van der Waals surface area contributed by atoms with E-state index in [1.54, 1.807) is 24.3 Å². The number of ether oxygens (including phenoxy) is 2. The van der Waals surface area contributed by atoms with Crippen LogP contribution >= 0.6 is 0 Å². The van der Waals surface area contributed by atoms with Gasteiger partial charge in [0.1, 0.15) is 6.07 Å². The van der Waals surface area contributed by atoms with Crippen LogP contribution in [0.4, 0.5) is 25.8 Å². The first-order chi connectivity index (χ1) is 9.98. The highest BCUT2D eigenvalue weighted by Gasteiger charge is 2.43. The van der Waals surface area contributed by atoms with Gasteiger partial charge in [0.15, 0.2) is 11.5 Å². The molecule has 21 heavy (non-hydrogen) atoms. The molecule has 7 heteroatoms. The molecular formula is C14H9F2N3O2. The third-order valence-electron chi connectivity index (χ3n) is 2.91. The Morgan fingerprint density at radius 1 is 1.14 bits per heavy atom. The SMILES string of the molecule is N#Cc1cccc(Nc2ccc3c(c2)OC(F)(F)O3)c1N. The van der Waals surface area contributed by atoms with E-state index >= 15 is 0 Å². The maximum atomic E-state index is 12.9. The molecule has 1 aliphatic rings. The van der Waals surface area contributed by atoms with Crippen LogP contribution < -0.4 is 20.5 Å². The van der Waals surface area contributed by atoms with Crippen molar-refractivity contribution in [1.82, 2.24) is 0 Å². The summed E-state index contributed by atoms with van der Waals surface area (Å²) in [5.74, 6) is -0.107. The average molecular weight is 289 g/mol. The Hall–Kier alpha value is -3.01. The zero-order valence-corrected chi connectivity index (χ0v) is 10.6. The van der Waals surface area contributed by atoms with Gasteiger partial charge in [-0.25, -0.2) is 0 Å². The number of nitrogens with two attached hydrogens (primary N) is 1. The Morgan fingerprint density at radius 2 is 1.90 bits per heavy atom. The molecule has 0 aromatic heterocycles. The number of alkyl halides is 2. The third-order valence-corrected chi connectivity index (χ3v) is 2.91. The van der Waals surface area contributed by atoms with Crippen LogP contribution in [0.25, 0.3) is 0 Å². The van der Waals surface area contributed by atoms with Crippen LogP contribution in [0.2, 0.25) is 0 Å². The highest BCUT2D eigenvalue weighted by atomic mass is 19.3. The summed E-state index contributed by atoms with van der Waals surface area (Å²) in [6.07, 6.45) is -3.65. The number of benzene rings is 2. The van der Waals surface area contributed by atoms with Gasteiger partial charge in [-0.05, 0) is 24.3 Å². The highest BCUT2D eigenvalue weighted by Crippen LogP contribution is 2.42. The average Bonchev–Trinajstić information content (AvgIpc) is 2.74. The number of nitrogens with zero attached hydrogens (tertiary/aromatic N) is 1. The van der Waals surface area contributed by atoms with Gasteiger partial charge in [0.05, 0.1) is 16.9 Å². The smallest absolute Gasteiger partial charge is 0.396 e. The number of fused-ring (bicyclic) bond motifs is 1. The molecule has 0 unspecified atom stereocenters. The normalized spacial score (nSPS) is 14.5. The van der Waals surface area contributed by atoms with E-state index in [1.807, 2.05) is 6.07 Å². The molecule has 0 saturated carbocycles. The molecule has 1 heterocycles. The first-order valence-electron chi connectivity index (χ1n) is 5.94. The molecule has 2 aromatic carbocycles. The molecule has 0 bridgehead atoms. The molecule has 0 saturated heterocycles. The lowest BCUT2D eigenvalue weighted by Gasteiger charge is -2.10. The molecule has 5 nitrogen and oxygen atoms in total. The van der Waals surface area contributed by atoms with E-state index in [4.69, 9.17) is 11.0 Å². The van der Waals surface area contributed by atoms with Crippen molar-refractivity contribution in [3.63, 3.8) is 0 Å². The van der Waals surface area contributed by atoms with E-state index < -0.39 is 6.29 Å². The first kappa shape index (κ1) is 13.0. The minimum absolute atomic E-state index is 0.0377. The van der Waals surface area contributed by atoms with E-state index in [1.165, 1.54) is 12.1 Å². The number of halogens is 2. The van der Waals surface area contributed by atoms with Crippen LogP contribution in [0.1, 0.15) is 5.56 Å². The van der Waals surface area contributed by atoms with Crippen molar-refractivity contribution in [1.29, 1.82) is 5.26 Å². The summed E-state index contributed by atoms with van der Waals surface area (Å²) in [5, 5.41) is 11.9. The fourth-order valence-corrected chi connectivity index (χ4v) is 1.95. The summed E-state index contributed by atoms with van der Waals surface area (Å²) in [5.41, 5.74) is 7.43. The first-order valence-corrected chi connectivity index (χ1v) is 5.94. The second-order valence-corrected chi connectivity index (χ2v) is 4.33. The van der Waals surface area contributed by atoms with Crippen LogP contribution in [0.5, 0.6) is 11.5 Å². The van der Waals surface area contributed by atoms with Crippen LogP contribution in [-0.4, -0.2) is 6.29 Å². The van der Waals surface area contributed by atoms with Crippen molar-refractivity contribution in [2.45, 2.75) is 6.29 Å². The zero-order valence-electron chi connectivity index (χ0n) is 10.6. The highest BCUT2D eigenvalue weighted by molar-refractivity contribution is 5.77. The monoisotopic (exact) mass is 289 g/mol. The van der Waals surface area contributed by atoms with Gasteiger partial charge < -0.3 is 20.5 Å². The topological polar surface area (TPSA) is 80.3 Å².